The first-order chi connectivity index (χ1) is 14.4. The summed E-state index contributed by atoms with van der Waals surface area (Å²) in [6.07, 6.45) is 6.06. The number of aryl methyl sites for hydroxylation is 2. The van der Waals surface area contributed by atoms with Crippen LogP contribution >= 0.6 is 46.3 Å². The minimum atomic E-state index is -0.536. The van der Waals surface area contributed by atoms with Crippen molar-refractivity contribution in [1.29, 1.82) is 0 Å². The average Bonchev–Trinajstić information content (AvgIpc) is 3.27. The van der Waals surface area contributed by atoms with Gasteiger partial charge in [0.15, 0.2) is 11.0 Å². The van der Waals surface area contributed by atoms with E-state index in [0.29, 0.717) is 22.1 Å². The van der Waals surface area contributed by atoms with Crippen LogP contribution in [-0.2, 0) is 24.2 Å². The van der Waals surface area contributed by atoms with Crippen molar-refractivity contribution >= 4 is 68.2 Å². The molecule has 3 aromatic rings. The summed E-state index contributed by atoms with van der Waals surface area (Å²) < 4.78 is 1.59. The fraction of sp³-hybridized carbons (Fsp3) is 0.300. The highest BCUT2D eigenvalue weighted by Gasteiger charge is 2.25. The zero-order valence-corrected chi connectivity index (χ0v) is 19.2. The van der Waals surface area contributed by atoms with Crippen LogP contribution in [0.15, 0.2) is 34.9 Å². The van der Waals surface area contributed by atoms with Crippen molar-refractivity contribution in [1.82, 2.24) is 14.5 Å². The van der Waals surface area contributed by atoms with Crippen molar-refractivity contribution in [2.24, 2.45) is 0 Å². The average molecular weight is 481 g/mol. The molecule has 156 valence electrons. The van der Waals surface area contributed by atoms with Gasteiger partial charge in [-0.05, 0) is 37.8 Å². The molecule has 0 fully saturated rings. The molecule has 4 rings (SSSR count). The second kappa shape index (κ2) is 8.70. The molecule has 0 aromatic carbocycles. The van der Waals surface area contributed by atoms with E-state index in [0.717, 1.165) is 29.7 Å². The first kappa shape index (κ1) is 21.4. The first-order valence-electron chi connectivity index (χ1n) is 9.33. The van der Waals surface area contributed by atoms with Gasteiger partial charge in [0.05, 0.1) is 20.7 Å². The number of anilines is 1. The van der Waals surface area contributed by atoms with Gasteiger partial charge in [-0.1, -0.05) is 41.0 Å². The van der Waals surface area contributed by atoms with Gasteiger partial charge in [-0.3, -0.25) is 14.2 Å². The van der Waals surface area contributed by atoms with Gasteiger partial charge in [-0.25, -0.2) is 9.97 Å². The molecule has 0 saturated carbocycles. The minimum Gasteiger partial charge on any atom is -0.308 e. The van der Waals surface area contributed by atoms with Gasteiger partial charge in [0.1, 0.15) is 4.83 Å². The highest BCUT2D eigenvalue weighted by molar-refractivity contribution is 8.00. The number of halogens is 2. The Labute approximate surface area is 191 Å². The summed E-state index contributed by atoms with van der Waals surface area (Å²) in [7, 11) is 0. The van der Waals surface area contributed by atoms with Crippen LogP contribution in [0.3, 0.4) is 0 Å². The molecular weight excluding hydrogens is 463 g/mol. The van der Waals surface area contributed by atoms with Gasteiger partial charge in [0.25, 0.3) is 5.56 Å². The molecule has 30 heavy (non-hydrogen) atoms. The second-order valence-electron chi connectivity index (χ2n) is 6.87. The summed E-state index contributed by atoms with van der Waals surface area (Å²) in [4.78, 5) is 36.7. The van der Waals surface area contributed by atoms with Crippen molar-refractivity contribution < 1.29 is 4.79 Å². The van der Waals surface area contributed by atoms with Gasteiger partial charge in [-0.15, -0.1) is 17.9 Å². The molecule has 0 saturated heterocycles. The second-order valence-corrected chi connectivity index (χ2v) is 10.1. The number of nitrogens with one attached hydrogen (secondary N) is 1. The number of fused-ring (bicyclic) bond motifs is 3. The lowest BCUT2D eigenvalue weighted by molar-refractivity contribution is -0.115. The lowest BCUT2D eigenvalue weighted by Gasteiger charge is -2.15. The topological polar surface area (TPSA) is 76.9 Å². The van der Waals surface area contributed by atoms with Crippen LogP contribution in [0.5, 0.6) is 0 Å². The molecule has 0 bridgehead atoms. The summed E-state index contributed by atoms with van der Waals surface area (Å²) in [5.74, 6) is -0.0648. The number of pyridine rings is 1. The van der Waals surface area contributed by atoms with Crippen LogP contribution in [0.25, 0.3) is 10.2 Å². The molecule has 1 aliphatic rings. The molecule has 10 heteroatoms. The summed E-state index contributed by atoms with van der Waals surface area (Å²) in [6.45, 7) is 5.83. The molecule has 1 aliphatic carbocycles. The first-order valence-corrected chi connectivity index (χ1v) is 11.8. The highest BCUT2D eigenvalue weighted by Crippen LogP contribution is 2.36. The highest BCUT2D eigenvalue weighted by atomic mass is 35.5. The van der Waals surface area contributed by atoms with E-state index >= 15 is 0 Å². The van der Waals surface area contributed by atoms with E-state index in [1.807, 2.05) is 0 Å². The number of thiophene rings is 1. The number of hydrogen-bond acceptors (Lipinski definition) is 6. The molecule has 0 spiro atoms. The smallest absolute Gasteiger partial charge is 0.263 e. The summed E-state index contributed by atoms with van der Waals surface area (Å²) >= 11 is 14.7. The number of hydrogen-bond donors (Lipinski definition) is 1. The number of rotatable bonds is 6. The molecule has 1 unspecified atom stereocenters. The van der Waals surface area contributed by atoms with E-state index in [2.05, 4.69) is 16.9 Å². The third kappa shape index (κ3) is 4.01. The van der Waals surface area contributed by atoms with Gasteiger partial charge in [0.2, 0.25) is 5.91 Å². The number of allylic oxidation sites excluding steroid dienone is 1. The van der Waals surface area contributed by atoms with Crippen LogP contribution in [0, 0.1) is 0 Å². The largest absolute Gasteiger partial charge is 0.308 e. The molecule has 3 heterocycles. The van der Waals surface area contributed by atoms with Crippen molar-refractivity contribution in [3.05, 3.63) is 55.8 Å². The summed E-state index contributed by atoms with van der Waals surface area (Å²) in [5.41, 5.74) is 1.06. The van der Waals surface area contributed by atoms with E-state index < -0.39 is 5.25 Å². The molecule has 0 radical (unpaired) electrons. The van der Waals surface area contributed by atoms with Crippen molar-refractivity contribution in [3.63, 3.8) is 0 Å². The Bertz CT molecular complexity index is 1220. The fourth-order valence-corrected chi connectivity index (χ4v) is 6.02. The molecular formula is C20H18Cl2N4O2S2. The maximum Gasteiger partial charge on any atom is 0.263 e. The lowest BCUT2D eigenvalue weighted by Crippen LogP contribution is -2.27. The monoisotopic (exact) mass is 480 g/mol. The maximum absolute atomic E-state index is 13.2. The Kier molecular flexibility index (Phi) is 6.20. The van der Waals surface area contributed by atoms with E-state index in [-0.39, 0.29) is 22.3 Å². The predicted molar refractivity (Wildman–Crippen MR) is 124 cm³/mol. The Morgan fingerprint density at radius 3 is 3.00 bits per heavy atom. The normalized spacial score (nSPS) is 14.0. The van der Waals surface area contributed by atoms with Crippen LogP contribution in [0.1, 0.15) is 23.8 Å². The molecule has 1 N–H and O–H groups in total. The SMILES string of the molecule is C=CCn1c(SC(C)C(=O)Nc2ncc(Cl)cc2Cl)nc2sc3c(c2c1=O)CCC3. The molecule has 1 amide bonds. The Morgan fingerprint density at radius 1 is 1.47 bits per heavy atom. The number of aromatic nitrogens is 3. The summed E-state index contributed by atoms with van der Waals surface area (Å²) in [5, 5.41) is 4.01. The van der Waals surface area contributed by atoms with Gasteiger partial charge in [-0.2, -0.15) is 0 Å². The number of carbonyl (C=O) groups is 1. The number of amides is 1. The van der Waals surface area contributed by atoms with Gasteiger partial charge in [0, 0.05) is 17.6 Å². The third-order valence-electron chi connectivity index (χ3n) is 4.80. The van der Waals surface area contributed by atoms with E-state index in [9.17, 15) is 9.59 Å². The third-order valence-corrected chi connectivity index (χ3v) is 7.57. The van der Waals surface area contributed by atoms with Crippen LogP contribution in [0.4, 0.5) is 5.82 Å². The van der Waals surface area contributed by atoms with Crippen LogP contribution in [-0.4, -0.2) is 25.7 Å². The Balaban J connectivity index is 1.63. The zero-order chi connectivity index (χ0) is 21.4. The fourth-order valence-electron chi connectivity index (χ4n) is 3.37. The molecule has 6 nitrogen and oxygen atoms in total. The van der Waals surface area contributed by atoms with E-state index in [4.69, 9.17) is 28.2 Å². The van der Waals surface area contributed by atoms with E-state index in [1.54, 1.807) is 28.9 Å². The zero-order valence-electron chi connectivity index (χ0n) is 16.1. The minimum absolute atomic E-state index is 0.0724. The van der Waals surface area contributed by atoms with Gasteiger partial charge < -0.3 is 5.32 Å². The molecule has 1 atom stereocenters. The number of thioether (sulfide) groups is 1. The standard InChI is InChI=1S/C20H18Cl2N4O2S2/c1-3-7-26-19(28)15-12-5-4-6-14(12)30-18(15)25-20(26)29-10(2)17(27)24-16-13(22)8-11(21)9-23-16/h3,8-10H,1,4-7H2,2H3,(H,23,24,27). The van der Waals surface area contributed by atoms with E-state index in [1.165, 1.54) is 28.9 Å². The predicted octanol–water partition coefficient (Wildman–Crippen LogP) is 4.95. The summed E-state index contributed by atoms with van der Waals surface area (Å²) in [6, 6.07) is 1.51. The van der Waals surface area contributed by atoms with Crippen LogP contribution in [0.2, 0.25) is 10.0 Å². The van der Waals surface area contributed by atoms with Crippen molar-refractivity contribution in [2.45, 2.75) is 43.1 Å². The maximum atomic E-state index is 13.2. The molecule has 3 aromatic heterocycles. The molecule has 0 aliphatic heterocycles. The van der Waals surface area contributed by atoms with Crippen molar-refractivity contribution in [3.8, 4) is 0 Å². The van der Waals surface area contributed by atoms with Crippen LogP contribution < -0.4 is 10.9 Å². The Morgan fingerprint density at radius 2 is 2.27 bits per heavy atom. The quantitative estimate of drug-likeness (QED) is 0.306. The number of carbonyl (C=O) groups excluding carboxylic acids is 1. The Hall–Kier alpha value is -1.87. The number of nitrogens with zero attached hydrogens (tertiary/aromatic N) is 3. The lowest BCUT2D eigenvalue weighted by atomic mass is 10.2. The van der Waals surface area contributed by atoms with Crippen molar-refractivity contribution in [2.75, 3.05) is 5.32 Å². The van der Waals surface area contributed by atoms with Gasteiger partial charge >= 0.3 is 0 Å².